The Morgan fingerprint density at radius 3 is 2.67 bits per heavy atom. The lowest BCUT2D eigenvalue weighted by atomic mass is 9.88. The van der Waals surface area contributed by atoms with Crippen LogP contribution in [0.3, 0.4) is 0 Å². The number of hydrogen-bond donors (Lipinski definition) is 1. The predicted molar refractivity (Wildman–Crippen MR) is 89.8 cm³/mol. The summed E-state index contributed by atoms with van der Waals surface area (Å²) in [5, 5.41) is 1.20. The predicted octanol–water partition coefficient (Wildman–Crippen LogP) is 4.19. The molecule has 0 aliphatic carbocycles. The van der Waals surface area contributed by atoms with E-state index in [-0.39, 0.29) is 11.5 Å². The molecule has 1 aromatic carbocycles. The van der Waals surface area contributed by atoms with Crippen molar-refractivity contribution in [1.82, 2.24) is 4.57 Å². The Morgan fingerprint density at radius 1 is 1.24 bits per heavy atom. The number of rotatable bonds is 7. The second-order valence-corrected chi connectivity index (χ2v) is 6.84. The number of aryl methyl sites for hydroxylation is 1. The monoisotopic (exact) mass is 288 g/mol. The van der Waals surface area contributed by atoms with Crippen LogP contribution >= 0.6 is 0 Å². The SMILES string of the molecule is CC(C)Oc1cccc2c1ccn2CCCC(C)(C)CN. The van der Waals surface area contributed by atoms with Crippen molar-refractivity contribution in [2.75, 3.05) is 6.54 Å². The number of fused-ring (bicyclic) bond motifs is 1. The maximum Gasteiger partial charge on any atom is 0.129 e. The number of ether oxygens (including phenoxy) is 1. The van der Waals surface area contributed by atoms with E-state index in [1.807, 2.05) is 6.07 Å². The molecule has 0 radical (unpaired) electrons. The van der Waals surface area contributed by atoms with Crippen LogP contribution in [0.15, 0.2) is 30.5 Å². The largest absolute Gasteiger partial charge is 0.490 e. The number of aromatic nitrogens is 1. The van der Waals surface area contributed by atoms with Gasteiger partial charge in [0.05, 0.1) is 11.6 Å². The van der Waals surface area contributed by atoms with Crippen molar-refractivity contribution in [3.63, 3.8) is 0 Å². The van der Waals surface area contributed by atoms with Gasteiger partial charge in [0.1, 0.15) is 5.75 Å². The van der Waals surface area contributed by atoms with Crippen molar-refractivity contribution >= 4 is 10.9 Å². The molecule has 0 atom stereocenters. The Bertz CT molecular complexity index is 584. The molecule has 0 bridgehead atoms. The van der Waals surface area contributed by atoms with E-state index in [1.54, 1.807) is 0 Å². The minimum Gasteiger partial charge on any atom is -0.490 e. The summed E-state index contributed by atoms with van der Waals surface area (Å²) in [7, 11) is 0. The summed E-state index contributed by atoms with van der Waals surface area (Å²) in [6, 6.07) is 8.43. The minimum atomic E-state index is 0.198. The van der Waals surface area contributed by atoms with Crippen molar-refractivity contribution < 1.29 is 4.74 Å². The minimum absolute atomic E-state index is 0.198. The van der Waals surface area contributed by atoms with Crippen LogP contribution in [0.2, 0.25) is 0 Å². The molecule has 2 rings (SSSR count). The average molecular weight is 288 g/mol. The normalized spacial score (nSPS) is 12.3. The van der Waals surface area contributed by atoms with Crippen LogP contribution in [0, 0.1) is 5.41 Å². The quantitative estimate of drug-likeness (QED) is 0.829. The highest BCUT2D eigenvalue weighted by molar-refractivity contribution is 5.86. The standard InChI is InChI=1S/C18H28N2O/c1-14(2)21-17-8-5-7-16-15(17)9-12-20(16)11-6-10-18(3,4)13-19/h5,7-9,12,14H,6,10-11,13,19H2,1-4H3. The van der Waals surface area contributed by atoms with Crippen molar-refractivity contribution in [3.05, 3.63) is 30.5 Å². The number of nitrogens with zero attached hydrogens (tertiary/aromatic N) is 1. The third kappa shape index (κ3) is 4.01. The lowest BCUT2D eigenvalue weighted by molar-refractivity contribution is 0.245. The van der Waals surface area contributed by atoms with Gasteiger partial charge in [0.25, 0.3) is 0 Å². The van der Waals surface area contributed by atoms with Crippen LogP contribution in [0.25, 0.3) is 10.9 Å². The highest BCUT2D eigenvalue weighted by Gasteiger charge is 2.15. The van der Waals surface area contributed by atoms with Crippen molar-refractivity contribution in [1.29, 1.82) is 0 Å². The van der Waals surface area contributed by atoms with Gasteiger partial charge in [-0.05, 0) is 56.8 Å². The van der Waals surface area contributed by atoms with Crippen LogP contribution in [-0.4, -0.2) is 17.2 Å². The maximum absolute atomic E-state index is 5.89. The van der Waals surface area contributed by atoms with Gasteiger partial charge in [-0.15, -0.1) is 0 Å². The molecule has 0 spiro atoms. The zero-order valence-electron chi connectivity index (χ0n) is 13.7. The van der Waals surface area contributed by atoms with E-state index in [0.29, 0.717) is 0 Å². The number of benzene rings is 1. The first-order valence-electron chi connectivity index (χ1n) is 7.87. The summed E-state index contributed by atoms with van der Waals surface area (Å²) in [6.45, 7) is 10.4. The summed E-state index contributed by atoms with van der Waals surface area (Å²) >= 11 is 0. The first-order chi connectivity index (χ1) is 9.93. The van der Waals surface area contributed by atoms with Gasteiger partial charge in [0, 0.05) is 18.1 Å². The van der Waals surface area contributed by atoms with Crippen LogP contribution < -0.4 is 10.5 Å². The van der Waals surface area contributed by atoms with Gasteiger partial charge < -0.3 is 15.0 Å². The fraction of sp³-hybridized carbons (Fsp3) is 0.556. The molecular weight excluding hydrogens is 260 g/mol. The molecule has 2 aromatic rings. The van der Waals surface area contributed by atoms with Crippen molar-refractivity contribution in [3.8, 4) is 5.75 Å². The first kappa shape index (κ1) is 15.9. The molecule has 0 unspecified atom stereocenters. The average Bonchev–Trinajstić information content (AvgIpc) is 2.83. The van der Waals surface area contributed by atoms with Crippen molar-refractivity contribution in [2.24, 2.45) is 11.1 Å². The Balaban J connectivity index is 2.11. The number of hydrogen-bond acceptors (Lipinski definition) is 2. The topological polar surface area (TPSA) is 40.2 Å². The fourth-order valence-electron chi connectivity index (χ4n) is 2.58. The molecule has 21 heavy (non-hydrogen) atoms. The summed E-state index contributed by atoms with van der Waals surface area (Å²) < 4.78 is 8.20. The smallest absolute Gasteiger partial charge is 0.129 e. The highest BCUT2D eigenvalue weighted by Crippen LogP contribution is 2.28. The second kappa shape index (κ2) is 6.52. The highest BCUT2D eigenvalue weighted by atomic mass is 16.5. The molecule has 116 valence electrons. The molecule has 1 heterocycles. The van der Waals surface area contributed by atoms with Crippen LogP contribution in [0.1, 0.15) is 40.5 Å². The Labute approximate surface area is 128 Å². The molecule has 0 amide bonds. The fourth-order valence-corrected chi connectivity index (χ4v) is 2.58. The third-order valence-corrected chi connectivity index (χ3v) is 3.94. The Morgan fingerprint density at radius 2 is 2.00 bits per heavy atom. The summed E-state index contributed by atoms with van der Waals surface area (Å²) in [6.07, 6.45) is 4.64. The van der Waals surface area contributed by atoms with Gasteiger partial charge in [-0.1, -0.05) is 19.9 Å². The molecule has 2 N–H and O–H groups in total. The van der Waals surface area contributed by atoms with Gasteiger partial charge in [-0.3, -0.25) is 0 Å². The summed E-state index contributed by atoms with van der Waals surface area (Å²) in [5.74, 6) is 0.975. The van der Waals surface area contributed by atoms with E-state index < -0.39 is 0 Å². The summed E-state index contributed by atoms with van der Waals surface area (Å²) in [5.41, 5.74) is 7.28. The van der Waals surface area contributed by atoms with Crippen LogP contribution in [0.4, 0.5) is 0 Å². The molecule has 3 nitrogen and oxygen atoms in total. The van der Waals surface area contributed by atoms with Gasteiger partial charge in [-0.2, -0.15) is 0 Å². The Kier molecular flexibility index (Phi) is 4.94. The molecule has 0 saturated carbocycles. The van der Waals surface area contributed by atoms with E-state index in [4.69, 9.17) is 10.5 Å². The zero-order valence-corrected chi connectivity index (χ0v) is 13.7. The lowest BCUT2D eigenvalue weighted by Crippen LogP contribution is -2.23. The summed E-state index contributed by atoms with van der Waals surface area (Å²) in [4.78, 5) is 0. The molecule has 0 fully saturated rings. The van der Waals surface area contributed by atoms with E-state index >= 15 is 0 Å². The van der Waals surface area contributed by atoms with Gasteiger partial charge in [0.2, 0.25) is 0 Å². The number of nitrogens with two attached hydrogens (primary N) is 1. The van der Waals surface area contributed by atoms with Crippen LogP contribution in [-0.2, 0) is 6.54 Å². The Hall–Kier alpha value is -1.48. The molecule has 0 saturated heterocycles. The lowest BCUT2D eigenvalue weighted by Gasteiger charge is -2.22. The maximum atomic E-state index is 5.89. The van der Waals surface area contributed by atoms with E-state index in [1.165, 1.54) is 10.9 Å². The van der Waals surface area contributed by atoms with E-state index in [0.717, 1.165) is 31.7 Å². The molecule has 3 heteroatoms. The van der Waals surface area contributed by atoms with Gasteiger partial charge in [-0.25, -0.2) is 0 Å². The molecule has 0 aliphatic rings. The van der Waals surface area contributed by atoms with E-state index in [9.17, 15) is 0 Å². The molecule has 1 aromatic heterocycles. The third-order valence-electron chi connectivity index (χ3n) is 3.94. The molecular formula is C18H28N2O. The van der Waals surface area contributed by atoms with Crippen LogP contribution in [0.5, 0.6) is 5.75 Å². The molecule has 0 aliphatic heterocycles. The van der Waals surface area contributed by atoms with Crippen molar-refractivity contribution in [2.45, 2.75) is 53.2 Å². The zero-order chi connectivity index (χ0) is 15.5. The second-order valence-electron chi connectivity index (χ2n) is 6.84. The van der Waals surface area contributed by atoms with Gasteiger partial charge >= 0.3 is 0 Å². The van der Waals surface area contributed by atoms with Gasteiger partial charge in [0.15, 0.2) is 0 Å². The van der Waals surface area contributed by atoms with E-state index in [2.05, 4.69) is 56.7 Å². The first-order valence-corrected chi connectivity index (χ1v) is 7.87.